The molecular formula is C13H25N2O3+. The zero-order valence-electron chi connectivity index (χ0n) is 11.4. The highest BCUT2D eigenvalue weighted by Gasteiger charge is 2.14. The Hall–Kier alpha value is -1.36. The quantitative estimate of drug-likeness (QED) is 0.349. The normalized spacial score (nSPS) is 11.0. The summed E-state index contributed by atoms with van der Waals surface area (Å²) in [5.74, 6) is -0.868. The molecule has 0 saturated heterocycles. The maximum Gasteiger partial charge on any atom is 0.303 e. The van der Waals surface area contributed by atoms with E-state index in [-0.39, 0.29) is 12.3 Å². The topological polar surface area (TPSA) is 66.4 Å². The maximum atomic E-state index is 10.9. The average Bonchev–Trinajstić information content (AvgIpc) is 2.27. The Bertz CT molecular complexity index is 288. The van der Waals surface area contributed by atoms with Gasteiger partial charge in [0.05, 0.1) is 33.6 Å². The minimum Gasteiger partial charge on any atom is -0.481 e. The van der Waals surface area contributed by atoms with Gasteiger partial charge in [0.2, 0.25) is 5.91 Å². The van der Waals surface area contributed by atoms with E-state index in [0.717, 1.165) is 30.4 Å². The number of quaternary nitrogens is 1. The fraction of sp³-hybridized carbons (Fsp3) is 0.692. The highest BCUT2D eigenvalue weighted by Crippen LogP contribution is 2.04. The summed E-state index contributed by atoms with van der Waals surface area (Å²) < 4.78 is 0.822. The zero-order chi connectivity index (χ0) is 14.0. The number of carbonyl (C=O) groups is 2. The van der Waals surface area contributed by atoms with E-state index in [9.17, 15) is 9.59 Å². The second-order valence-electron chi connectivity index (χ2n) is 5.08. The molecule has 0 fully saturated rings. The molecule has 0 aliphatic heterocycles. The van der Waals surface area contributed by atoms with Crippen LogP contribution in [0.15, 0.2) is 12.7 Å². The van der Waals surface area contributed by atoms with Crippen LogP contribution in [0.3, 0.4) is 0 Å². The van der Waals surface area contributed by atoms with Crippen LogP contribution in [-0.4, -0.2) is 55.2 Å². The van der Waals surface area contributed by atoms with E-state index < -0.39 is 5.97 Å². The van der Waals surface area contributed by atoms with E-state index in [1.807, 2.05) is 0 Å². The number of carbonyl (C=O) groups excluding carboxylic acids is 1. The highest BCUT2D eigenvalue weighted by atomic mass is 16.4. The van der Waals surface area contributed by atoms with Crippen LogP contribution in [0.25, 0.3) is 0 Å². The van der Waals surface area contributed by atoms with E-state index in [1.54, 1.807) is 0 Å². The number of rotatable bonds is 10. The first-order valence-corrected chi connectivity index (χ1v) is 6.31. The van der Waals surface area contributed by atoms with E-state index in [1.165, 1.54) is 6.08 Å². The number of nitrogens with zero attached hydrogens (tertiary/aromatic N) is 1. The molecule has 0 atom stereocenters. The van der Waals surface area contributed by atoms with Gasteiger partial charge >= 0.3 is 5.97 Å². The molecule has 0 radical (unpaired) electrons. The number of hydrogen-bond donors (Lipinski definition) is 2. The van der Waals surface area contributed by atoms with Gasteiger partial charge in [-0.25, -0.2) is 0 Å². The lowest BCUT2D eigenvalue weighted by molar-refractivity contribution is -0.890. The Morgan fingerprint density at radius 1 is 1.22 bits per heavy atom. The molecule has 5 nitrogen and oxygen atoms in total. The van der Waals surface area contributed by atoms with Gasteiger partial charge in [0, 0.05) is 13.0 Å². The Morgan fingerprint density at radius 2 is 1.83 bits per heavy atom. The Labute approximate surface area is 109 Å². The molecule has 0 bridgehead atoms. The number of aliphatic carboxylic acids is 1. The van der Waals surface area contributed by atoms with Crippen molar-refractivity contribution in [3.8, 4) is 0 Å². The molecule has 0 aliphatic carbocycles. The van der Waals surface area contributed by atoms with Crippen LogP contribution in [-0.2, 0) is 9.59 Å². The number of amides is 1. The van der Waals surface area contributed by atoms with Crippen LogP contribution in [0, 0.1) is 0 Å². The fourth-order valence-electron chi connectivity index (χ4n) is 1.72. The van der Waals surface area contributed by atoms with Crippen molar-refractivity contribution < 1.29 is 19.2 Å². The van der Waals surface area contributed by atoms with Crippen molar-refractivity contribution in [2.45, 2.75) is 25.7 Å². The lowest BCUT2D eigenvalue weighted by Gasteiger charge is -2.29. The molecule has 104 valence electrons. The Balaban J connectivity index is 3.60. The summed E-state index contributed by atoms with van der Waals surface area (Å²) in [5, 5.41) is 11.3. The SMILES string of the molecule is C=CC(=O)NCCCC[N+](C)(C)CCCC(=O)O. The van der Waals surface area contributed by atoms with Crippen LogP contribution in [0.2, 0.25) is 0 Å². The first-order valence-electron chi connectivity index (χ1n) is 6.31. The minimum absolute atomic E-state index is 0.134. The maximum absolute atomic E-state index is 10.9. The lowest BCUT2D eigenvalue weighted by Crippen LogP contribution is -2.41. The standard InChI is InChI=1S/C13H24N2O3/c1-4-12(16)14-9-5-6-10-15(2,3)11-7-8-13(17)18/h4H,1,5-11H2,2-3H3,(H-,14,16,17,18)/p+1. The molecule has 5 heteroatoms. The third-order valence-electron chi connectivity index (χ3n) is 2.83. The zero-order valence-corrected chi connectivity index (χ0v) is 11.4. The van der Waals surface area contributed by atoms with Crippen molar-refractivity contribution in [2.75, 3.05) is 33.7 Å². The van der Waals surface area contributed by atoms with Crippen molar-refractivity contribution in [3.05, 3.63) is 12.7 Å². The molecule has 2 N–H and O–H groups in total. The molecule has 1 amide bonds. The summed E-state index contributed by atoms with van der Waals surface area (Å²) in [7, 11) is 4.20. The summed E-state index contributed by atoms with van der Waals surface area (Å²) in [6.45, 7) is 5.91. The molecule has 18 heavy (non-hydrogen) atoms. The van der Waals surface area contributed by atoms with Crippen molar-refractivity contribution in [3.63, 3.8) is 0 Å². The summed E-state index contributed by atoms with van der Waals surface area (Å²) in [6, 6.07) is 0. The Morgan fingerprint density at radius 3 is 2.39 bits per heavy atom. The van der Waals surface area contributed by atoms with E-state index >= 15 is 0 Å². The molecule has 0 unspecified atom stereocenters. The smallest absolute Gasteiger partial charge is 0.303 e. The van der Waals surface area contributed by atoms with Gasteiger partial charge in [0.1, 0.15) is 0 Å². The van der Waals surface area contributed by atoms with Gasteiger partial charge in [-0.1, -0.05) is 6.58 Å². The minimum atomic E-state index is -0.734. The third kappa shape index (κ3) is 9.84. The fourth-order valence-corrected chi connectivity index (χ4v) is 1.72. The van der Waals surface area contributed by atoms with Gasteiger partial charge in [-0.15, -0.1) is 0 Å². The van der Waals surface area contributed by atoms with Gasteiger partial charge in [-0.3, -0.25) is 9.59 Å². The molecule has 0 spiro atoms. The largest absolute Gasteiger partial charge is 0.481 e. The predicted molar refractivity (Wildman–Crippen MR) is 71.2 cm³/mol. The molecule has 0 heterocycles. The van der Waals surface area contributed by atoms with Gasteiger partial charge in [-0.05, 0) is 18.9 Å². The first kappa shape index (κ1) is 16.6. The van der Waals surface area contributed by atoms with E-state index in [4.69, 9.17) is 5.11 Å². The second-order valence-corrected chi connectivity index (χ2v) is 5.08. The third-order valence-corrected chi connectivity index (χ3v) is 2.83. The number of unbranched alkanes of at least 4 members (excludes halogenated alkanes) is 1. The summed E-state index contributed by atoms with van der Waals surface area (Å²) in [5.41, 5.74) is 0. The van der Waals surface area contributed by atoms with Crippen LogP contribution >= 0.6 is 0 Å². The molecule has 0 saturated carbocycles. The van der Waals surface area contributed by atoms with Crippen LogP contribution in [0.5, 0.6) is 0 Å². The molecular weight excluding hydrogens is 232 g/mol. The van der Waals surface area contributed by atoms with Gasteiger partial charge < -0.3 is 14.9 Å². The second kappa shape index (κ2) is 8.69. The van der Waals surface area contributed by atoms with Crippen molar-refractivity contribution in [1.82, 2.24) is 5.32 Å². The van der Waals surface area contributed by atoms with E-state index in [2.05, 4.69) is 26.0 Å². The Kier molecular flexibility index (Phi) is 8.03. The number of carboxylic acid groups (broad SMARTS) is 1. The summed E-state index contributed by atoms with van der Waals surface area (Å²) in [4.78, 5) is 21.3. The highest BCUT2D eigenvalue weighted by molar-refractivity contribution is 5.86. The number of carboxylic acids is 1. The van der Waals surface area contributed by atoms with Gasteiger partial charge in [0.15, 0.2) is 0 Å². The van der Waals surface area contributed by atoms with Gasteiger partial charge in [-0.2, -0.15) is 0 Å². The van der Waals surface area contributed by atoms with Crippen LogP contribution in [0.4, 0.5) is 0 Å². The average molecular weight is 257 g/mol. The van der Waals surface area contributed by atoms with Crippen molar-refractivity contribution in [2.24, 2.45) is 0 Å². The molecule has 0 aromatic carbocycles. The summed E-state index contributed by atoms with van der Waals surface area (Å²) in [6.07, 6.45) is 4.15. The lowest BCUT2D eigenvalue weighted by atomic mass is 10.2. The number of hydrogen-bond acceptors (Lipinski definition) is 2. The van der Waals surface area contributed by atoms with E-state index in [0.29, 0.717) is 13.0 Å². The predicted octanol–water partition coefficient (Wildman–Crippen LogP) is 1.01. The van der Waals surface area contributed by atoms with Crippen molar-refractivity contribution in [1.29, 1.82) is 0 Å². The number of nitrogens with one attached hydrogen (secondary N) is 1. The summed E-state index contributed by atoms with van der Waals surface area (Å²) >= 11 is 0. The first-order chi connectivity index (χ1) is 8.37. The van der Waals surface area contributed by atoms with Crippen LogP contribution in [0.1, 0.15) is 25.7 Å². The molecule has 0 aromatic rings. The monoisotopic (exact) mass is 257 g/mol. The molecule has 0 aromatic heterocycles. The van der Waals surface area contributed by atoms with Crippen molar-refractivity contribution >= 4 is 11.9 Å². The van der Waals surface area contributed by atoms with Crippen LogP contribution < -0.4 is 5.32 Å². The molecule has 0 rings (SSSR count). The molecule has 0 aliphatic rings. The van der Waals surface area contributed by atoms with Gasteiger partial charge in [0.25, 0.3) is 0 Å².